The molecule has 1 saturated heterocycles. The highest BCUT2D eigenvalue weighted by Gasteiger charge is 2.44. The minimum absolute atomic E-state index is 0.444. The SMILES string of the molecule is CCN1CCC(C(=O)O)(c2ccc(Cl)cc2Cl)CC1. The maximum absolute atomic E-state index is 11.8. The number of benzene rings is 1. The van der Waals surface area contributed by atoms with Gasteiger partial charge in [-0.3, -0.25) is 4.79 Å². The van der Waals surface area contributed by atoms with E-state index in [0.29, 0.717) is 28.5 Å². The van der Waals surface area contributed by atoms with Gasteiger partial charge in [-0.05, 0) is 50.2 Å². The van der Waals surface area contributed by atoms with E-state index in [-0.39, 0.29) is 0 Å². The first-order chi connectivity index (χ1) is 8.99. The number of hydrogen-bond acceptors (Lipinski definition) is 2. The molecule has 0 radical (unpaired) electrons. The smallest absolute Gasteiger partial charge is 0.314 e. The molecular weight excluding hydrogens is 285 g/mol. The zero-order valence-electron chi connectivity index (χ0n) is 10.8. The third-order valence-corrected chi connectivity index (χ3v) is 4.56. The van der Waals surface area contributed by atoms with Crippen LogP contribution in [0, 0.1) is 0 Å². The number of rotatable bonds is 3. The Kier molecular flexibility index (Phi) is 4.39. The Bertz CT molecular complexity index is 482. The molecule has 104 valence electrons. The van der Waals surface area contributed by atoms with Crippen molar-refractivity contribution >= 4 is 29.2 Å². The summed E-state index contributed by atoms with van der Waals surface area (Å²) in [5.74, 6) is -0.799. The van der Waals surface area contributed by atoms with Crippen LogP contribution in [-0.4, -0.2) is 35.6 Å². The van der Waals surface area contributed by atoms with E-state index < -0.39 is 11.4 Å². The van der Waals surface area contributed by atoms with E-state index in [0.717, 1.165) is 19.6 Å². The van der Waals surface area contributed by atoms with Crippen molar-refractivity contribution in [2.24, 2.45) is 0 Å². The third kappa shape index (κ3) is 2.73. The molecule has 5 heteroatoms. The Hall–Kier alpha value is -0.770. The van der Waals surface area contributed by atoms with Crippen molar-refractivity contribution in [3.63, 3.8) is 0 Å². The van der Waals surface area contributed by atoms with Crippen LogP contribution in [0.15, 0.2) is 18.2 Å². The third-order valence-electron chi connectivity index (χ3n) is 4.01. The molecule has 1 aromatic carbocycles. The summed E-state index contributed by atoms with van der Waals surface area (Å²) in [5, 5.41) is 10.7. The number of carbonyl (C=O) groups is 1. The van der Waals surface area contributed by atoms with Gasteiger partial charge in [0.2, 0.25) is 0 Å². The molecule has 19 heavy (non-hydrogen) atoms. The fourth-order valence-electron chi connectivity index (χ4n) is 2.73. The molecule has 0 amide bonds. The summed E-state index contributed by atoms with van der Waals surface area (Å²) in [6.07, 6.45) is 1.16. The van der Waals surface area contributed by atoms with Crippen molar-refractivity contribution in [2.45, 2.75) is 25.2 Å². The number of nitrogens with zero attached hydrogens (tertiary/aromatic N) is 1. The molecule has 1 fully saturated rings. The molecule has 2 rings (SSSR count). The molecule has 1 aliphatic heterocycles. The summed E-state index contributed by atoms with van der Waals surface area (Å²) >= 11 is 12.1. The summed E-state index contributed by atoms with van der Waals surface area (Å²) in [6, 6.07) is 5.08. The Morgan fingerprint density at radius 2 is 2.00 bits per heavy atom. The van der Waals surface area contributed by atoms with Crippen molar-refractivity contribution in [3.8, 4) is 0 Å². The Labute approximate surface area is 123 Å². The highest BCUT2D eigenvalue weighted by atomic mass is 35.5. The molecule has 0 aliphatic carbocycles. The van der Waals surface area contributed by atoms with Gasteiger partial charge < -0.3 is 10.0 Å². The van der Waals surface area contributed by atoms with E-state index in [4.69, 9.17) is 23.2 Å². The second-order valence-corrected chi connectivity index (χ2v) is 5.79. The fourth-order valence-corrected chi connectivity index (χ4v) is 3.32. The first-order valence-corrected chi connectivity index (χ1v) is 7.16. The van der Waals surface area contributed by atoms with Crippen LogP contribution in [0.2, 0.25) is 10.0 Å². The van der Waals surface area contributed by atoms with Gasteiger partial charge in [0.05, 0.1) is 5.41 Å². The lowest BCUT2D eigenvalue weighted by Gasteiger charge is -2.39. The topological polar surface area (TPSA) is 40.5 Å². The molecule has 0 saturated carbocycles. The Morgan fingerprint density at radius 3 is 2.47 bits per heavy atom. The number of aliphatic carboxylic acids is 1. The van der Waals surface area contributed by atoms with Gasteiger partial charge in [0.25, 0.3) is 0 Å². The number of hydrogen-bond donors (Lipinski definition) is 1. The van der Waals surface area contributed by atoms with E-state index >= 15 is 0 Å². The zero-order chi connectivity index (χ0) is 14.0. The normalized spacial score (nSPS) is 19.3. The van der Waals surface area contributed by atoms with Crippen molar-refractivity contribution in [2.75, 3.05) is 19.6 Å². The second-order valence-electron chi connectivity index (χ2n) is 4.95. The van der Waals surface area contributed by atoms with Crippen LogP contribution in [0.3, 0.4) is 0 Å². The molecule has 0 bridgehead atoms. The van der Waals surface area contributed by atoms with E-state index in [9.17, 15) is 9.90 Å². The Balaban J connectivity index is 2.38. The molecular formula is C14H17Cl2NO2. The molecule has 0 spiro atoms. The standard InChI is InChI=1S/C14H17Cl2NO2/c1-2-17-7-5-14(6-8-17,13(18)19)11-4-3-10(15)9-12(11)16/h3-4,9H,2,5-8H2,1H3,(H,18,19). The molecule has 0 unspecified atom stereocenters. The van der Waals surface area contributed by atoms with Gasteiger partial charge in [-0.1, -0.05) is 36.2 Å². The van der Waals surface area contributed by atoms with Gasteiger partial charge in [0, 0.05) is 10.0 Å². The van der Waals surface area contributed by atoms with Gasteiger partial charge in [-0.25, -0.2) is 0 Å². The minimum Gasteiger partial charge on any atom is -0.481 e. The van der Waals surface area contributed by atoms with Crippen LogP contribution in [0.4, 0.5) is 0 Å². The first-order valence-electron chi connectivity index (χ1n) is 6.41. The Morgan fingerprint density at radius 1 is 1.37 bits per heavy atom. The maximum atomic E-state index is 11.8. The van der Waals surface area contributed by atoms with Crippen molar-refractivity contribution in [3.05, 3.63) is 33.8 Å². The molecule has 3 nitrogen and oxygen atoms in total. The van der Waals surface area contributed by atoms with Crippen molar-refractivity contribution in [1.29, 1.82) is 0 Å². The van der Waals surface area contributed by atoms with Gasteiger partial charge in [-0.2, -0.15) is 0 Å². The van der Waals surface area contributed by atoms with Crippen LogP contribution in [0.1, 0.15) is 25.3 Å². The number of halogens is 2. The van der Waals surface area contributed by atoms with Crippen molar-refractivity contribution in [1.82, 2.24) is 4.90 Å². The maximum Gasteiger partial charge on any atom is 0.314 e. The quantitative estimate of drug-likeness (QED) is 0.930. The van der Waals surface area contributed by atoms with E-state index in [1.54, 1.807) is 18.2 Å². The zero-order valence-corrected chi connectivity index (χ0v) is 12.3. The molecule has 1 aliphatic rings. The summed E-state index contributed by atoms with van der Waals surface area (Å²) in [7, 11) is 0. The summed E-state index contributed by atoms with van der Waals surface area (Å²) in [4.78, 5) is 14.1. The second kappa shape index (κ2) is 5.70. The van der Waals surface area contributed by atoms with Gasteiger partial charge in [-0.15, -0.1) is 0 Å². The minimum atomic E-state index is -0.882. The highest BCUT2D eigenvalue weighted by Crippen LogP contribution is 2.40. The van der Waals surface area contributed by atoms with Crippen LogP contribution in [0.5, 0.6) is 0 Å². The lowest BCUT2D eigenvalue weighted by molar-refractivity contribution is -0.146. The largest absolute Gasteiger partial charge is 0.481 e. The van der Waals surface area contributed by atoms with E-state index in [2.05, 4.69) is 11.8 Å². The number of carboxylic acid groups (broad SMARTS) is 1. The molecule has 0 aromatic heterocycles. The predicted octanol–water partition coefficient (Wildman–Crippen LogP) is 3.43. The average molecular weight is 302 g/mol. The van der Waals surface area contributed by atoms with Crippen LogP contribution in [0.25, 0.3) is 0 Å². The lowest BCUT2D eigenvalue weighted by Crippen LogP contribution is -2.47. The lowest BCUT2D eigenvalue weighted by atomic mass is 9.72. The highest BCUT2D eigenvalue weighted by molar-refractivity contribution is 6.35. The molecule has 0 atom stereocenters. The summed E-state index contributed by atoms with van der Waals surface area (Å²) in [6.45, 7) is 4.59. The number of piperidine rings is 1. The molecule has 1 N–H and O–H groups in total. The summed E-state index contributed by atoms with van der Waals surface area (Å²) in [5.41, 5.74) is -0.199. The summed E-state index contributed by atoms with van der Waals surface area (Å²) < 4.78 is 0. The predicted molar refractivity (Wildman–Crippen MR) is 77.1 cm³/mol. The van der Waals surface area contributed by atoms with Crippen molar-refractivity contribution < 1.29 is 9.90 Å². The number of likely N-dealkylation sites (tertiary alicyclic amines) is 1. The molecule has 1 aromatic rings. The average Bonchev–Trinajstić information content (AvgIpc) is 2.38. The van der Waals surface area contributed by atoms with Gasteiger partial charge in [0.1, 0.15) is 0 Å². The monoisotopic (exact) mass is 301 g/mol. The van der Waals surface area contributed by atoms with Crippen LogP contribution >= 0.6 is 23.2 Å². The van der Waals surface area contributed by atoms with Gasteiger partial charge in [0.15, 0.2) is 0 Å². The van der Waals surface area contributed by atoms with Crippen LogP contribution < -0.4 is 0 Å². The van der Waals surface area contributed by atoms with Crippen LogP contribution in [-0.2, 0) is 10.2 Å². The van der Waals surface area contributed by atoms with Gasteiger partial charge >= 0.3 is 5.97 Å². The fraction of sp³-hybridized carbons (Fsp3) is 0.500. The first kappa shape index (κ1) is 14.6. The molecule has 1 heterocycles. The number of carboxylic acids is 1. The van der Waals surface area contributed by atoms with E-state index in [1.165, 1.54) is 0 Å². The van der Waals surface area contributed by atoms with E-state index in [1.807, 2.05) is 0 Å².